The van der Waals surface area contributed by atoms with Crippen LogP contribution < -0.4 is 5.32 Å². The predicted octanol–water partition coefficient (Wildman–Crippen LogP) is 3.38. The Morgan fingerprint density at radius 2 is 1.76 bits per heavy atom. The van der Waals surface area contributed by atoms with Gasteiger partial charge in [0.05, 0.1) is 21.0 Å². The molecule has 2 aliphatic rings. The first-order valence-corrected chi connectivity index (χ1v) is 12.5. The third kappa shape index (κ3) is 5.64. The molecule has 1 saturated carbocycles. The molecule has 1 aromatic rings. The zero-order valence-electron chi connectivity index (χ0n) is 16.7. The quantitative estimate of drug-likeness (QED) is 0.704. The van der Waals surface area contributed by atoms with Crippen LogP contribution >= 0.6 is 23.2 Å². The number of carbonyl (C=O) groups excluding carboxylic acids is 1. The van der Waals surface area contributed by atoms with Gasteiger partial charge in [0.15, 0.2) is 0 Å². The van der Waals surface area contributed by atoms with Crippen LogP contribution in [-0.4, -0.2) is 62.3 Å². The van der Waals surface area contributed by atoms with Crippen LogP contribution in [0.2, 0.25) is 10.0 Å². The predicted molar refractivity (Wildman–Crippen MR) is 116 cm³/mol. The van der Waals surface area contributed by atoms with Gasteiger partial charge < -0.3 is 5.32 Å². The van der Waals surface area contributed by atoms with Crippen molar-refractivity contribution in [2.45, 2.75) is 50.0 Å². The number of rotatable bonds is 6. The smallest absolute Gasteiger partial charge is 0.243 e. The highest BCUT2D eigenvalue weighted by atomic mass is 35.5. The van der Waals surface area contributed by atoms with E-state index in [9.17, 15) is 13.2 Å². The second-order valence-electron chi connectivity index (χ2n) is 7.94. The fourth-order valence-corrected chi connectivity index (χ4v) is 5.88. The number of amides is 1. The van der Waals surface area contributed by atoms with Crippen molar-refractivity contribution in [1.29, 1.82) is 0 Å². The van der Waals surface area contributed by atoms with Crippen molar-refractivity contribution in [2.75, 3.05) is 32.7 Å². The van der Waals surface area contributed by atoms with Gasteiger partial charge in [0, 0.05) is 32.7 Å². The topological polar surface area (TPSA) is 69.7 Å². The average Bonchev–Trinajstić information content (AvgIpc) is 2.74. The van der Waals surface area contributed by atoms with Gasteiger partial charge in [-0.1, -0.05) is 42.5 Å². The molecular formula is C20H29Cl2N3O3S. The van der Waals surface area contributed by atoms with Crippen molar-refractivity contribution >= 4 is 39.1 Å². The van der Waals surface area contributed by atoms with Crippen LogP contribution in [0.4, 0.5) is 0 Å². The number of hydrogen-bond acceptors (Lipinski definition) is 4. The molecular weight excluding hydrogens is 433 g/mol. The third-order valence-electron chi connectivity index (χ3n) is 6.02. The summed E-state index contributed by atoms with van der Waals surface area (Å²) in [6.45, 7) is 4.33. The van der Waals surface area contributed by atoms with Gasteiger partial charge >= 0.3 is 0 Å². The number of halogens is 2. The lowest BCUT2D eigenvalue weighted by molar-refractivity contribution is -0.126. The molecule has 0 aromatic heterocycles. The van der Waals surface area contributed by atoms with Gasteiger partial charge in [-0.25, -0.2) is 8.42 Å². The van der Waals surface area contributed by atoms with Gasteiger partial charge in [-0.3, -0.25) is 9.69 Å². The molecule has 162 valence electrons. The molecule has 6 nitrogen and oxygen atoms in total. The van der Waals surface area contributed by atoms with Crippen molar-refractivity contribution in [3.63, 3.8) is 0 Å². The van der Waals surface area contributed by atoms with E-state index in [4.69, 9.17) is 23.2 Å². The lowest BCUT2D eigenvalue weighted by atomic mass is 9.89. The van der Waals surface area contributed by atoms with Crippen molar-refractivity contribution in [3.8, 4) is 0 Å². The van der Waals surface area contributed by atoms with Crippen molar-refractivity contribution < 1.29 is 13.2 Å². The zero-order chi connectivity index (χ0) is 21.0. The van der Waals surface area contributed by atoms with Crippen LogP contribution in [0.15, 0.2) is 23.1 Å². The van der Waals surface area contributed by atoms with Crippen molar-refractivity contribution in [2.24, 2.45) is 5.92 Å². The summed E-state index contributed by atoms with van der Waals surface area (Å²) in [5.41, 5.74) is 0. The van der Waals surface area contributed by atoms with Crippen molar-refractivity contribution in [1.82, 2.24) is 14.5 Å². The first-order chi connectivity index (χ1) is 13.8. The van der Waals surface area contributed by atoms with Crippen LogP contribution in [0.1, 0.15) is 39.0 Å². The van der Waals surface area contributed by atoms with E-state index in [1.165, 1.54) is 54.6 Å². The highest BCUT2D eigenvalue weighted by molar-refractivity contribution is 7.89. The minimum absolute atomic E-state index is 0.0244. The standard InChI is InChI=1S/C20H29Cl2N3O3S/c1-15(20(26)23-14-16-5-3-2-4-6-16)24-9-11-25(12-10-24)29(27,28)17-7-8-18(21)19(22)13-17/h7-8,13,15-16H,2-6,9-12,14H2,1H3,(H,23,26)/t15-/m1/s1. The Morgan fingerprint density at radius 3 is 2.38 bits per heavy atom. The molecule has 1 heterocycles. The van der Waals surface area contributed by atoms with E-state index in [1.54, 1.807) is 0 Å². The molecule has 1 atom stereocenters. The van der Waals surface area contributed by atoms with Gasteiger partial charge in [0.1, 0.15) is 0 Å². The summed E-state index contributed by atoms with van der Waals surface area (Å²) in [6.07, 6.45) is 6.20. The fourth-order valence-electron chi connectivity index (χ4n) is 4.07. The first kappa shape index (κ1) is 22.8. The Hall–Kier alpha value is -0.860. The summed E-state index contributed by atoms with van der Waals surface area (Å²) in [6, 6.07) is 4.07. The van der Waals surface area contributed by atoms with Gasteiger partial charge in [-0.15, -0.1) is 0 Å². The number of hydrogen-bond donors (Lipinski definition) is 1. The van der Waals surface area contributed by atoms with E-state index in [0.717, 1.165) is 6.54 Å². The second kappa shape index (κ2) is 9.96. The summed E-state index contributed by atoms with van der Waals surface area (Å²) in [5.74, 6) is 0.615. The van der Waals surface area contributed by atoms with Gasteiger partial charge in [-0.2, -0.15) is 4.31 Å². The summed E-state index contributed by atoms with van der Waals surface area (Å²) in [4.78, 5) is 14.7. The van der Waals surface area contributed by atoms with Crippen LogP contribution in [0.25, 0.3) is 0 Å². The van der Waals surface area contributed by atoms with Crippen molar-refractivity contribution in [3.05, 3.63) is 28.2 Å². The summed E-state index contributed by atoms with van der Waals surface area (Å²) in [7, 11) is -3.63. The summed E-state index contributed by atoms with van der Waals surface area (Å²) < 4.78 is 27.2. The monoisotopic (exact) mass is 461 g/mol. The molecule has 0 bridgehead atoms. The maximum Gasteiger partial charge on any atom is 0.243 e. The molecule has 0 radical (unpaired) electrons. The van der Waals surface area contributed by atoms with E-state index < -0.39 is 10.0 Å². The molecule has 0 unspecified atom stereocenters. The lowest BCUT2D eigenvalue weighted by Crippen LogP contribution is -2.55. The number of sulfonamides is 1. The number of nitrogens with one attached hydrogen (secondary N) is 1. The lowest BCUT2D eigenvalue weighted by Gasteiger charge is -2.37. The number of piperazine rings is 1. The SMILES string of the molecule is C[C@H](C(=O)NCC1CCCCC1)N1CCN(S(=O)(=O)c2ccc(Cl)c(Cl)c2)CC1. The molecule has 1 N–H and O–H groups in total. The van der Waals surface area contributed by atoms with Crippen LogP contribution in [-0.2, 0) is 14.8 Å². The largest absolute Gasteiger partial charge is 0.354 e. The normalized spacial score (nSPS) is 21.1. The summed E-state index contributed by atoms with van der Waals surface area (Å²) >= 11 is 11.9. The molecule has 29 heavy (non-hydrogen) atoms. The molecule has 1 aromatic carbocycles. The maximum absolute atomic E-state index is 12.9. The van der Waals surface area contributed by atoms with Crippen LogP contribution in [0, 0.1) is 5.92 Å². The first-order valence-electron chi connectivity index (χ1n) is 10.3. The third-order valence-corrected chi connectivity index (χ3v) is 8.65. The Kier molecular flexibility index (Phi) is 7.84. The zero-order valence-corrected chi connectivity index (χ0v) is 19.1. The summed E-state index contributed by atoms with van der Waals surface area (Å²) in [5, 5.41) is 3.63. The van der Waals surface area contributed by atoms with Crippen LogP contribution in [0.3, 0.4) is 0 Å². The highest BCUT2D eigenvalue weighted by Crippen LogP contribution is 2.27. The highest BCUT2D eigenvalue weighted by Gasteiger charge is 2.32. The van der Waals surface area contributed by atoms with Gasteiger partial charge in [0.25, 0.3) is 0 Å². The van der Waals surface area contributed by atoms with E-state index >= 15 is 0 Å². The van der Waals surface area contributed by atoms with E-state index in [0.29, 0.717) is 37.1 Å². The minimum atomic E-state index is -3.63. The Labute approximate surface area is 183 Å². The molecule has 0 spiro atoms. The molecule has 3 rings (SSSR count). The Morgan fingerprint density at radius 1 is 1.10 bits per heavy atom. The van der Waals surface area contributed by atoms with E-state index in [1.807, 2.05) is 11.8 Å². The number of benzene rings is 1. The molecule has 1 aliphatic heterocycles. The molecule has 1 aliphatic carbocycles. The Bertz CT molecular complexity index is 820. The second-order valence-corrected chi connectivity index (χ2v) is 10.7. The average molecular weight is 462 g/mol. The van der Waals surface area contributed by atoms with E-state index in [2.05, 4.69) is 5.32 Å². The molecule has 2 fully saturated rings. The fraction of sp³-hybridized carbons (Fsp3) is 0.650. The molecule has 1 amide bonds. The molecule has 1 saturated heterocycles. The number of carbonyl (C=O) groups is 1. The van der Waals surface area contributed by atoms with Gasteiger partial charge in [-0.05, 0) is 43.9 Å². The maximum atomic E-state index is 12.9. The van der Waals surface area contributed by atoms with E-state index in [-0.39, 0.29) is 21.9 Å². The Balaban J connectivity index is 1.52. The number of nitrogens with zero attached hydrogens (tertiary/aromatic N) is 2. The molecule has 9 heteroatoms. The minimum Gasteiger partial charge on any atom is -0.354 e. The van der Waals surface area contributed by atoms with Gasteiger partial charge in [0.2, 0.25) is 15.9 Å². The van der Waals surface area contributed by atoms with Crippen LogP contribution in [0.5, 0.6) is 0 Å².